The number of fused-ring (bicyclic) bond motifs is 3. The summed E-state index contributed by atoms with van der Waals surface area (Å²) in [5.41, 5.74) is 3.20. The predicted molar refractivity (Wildman–Crippen MR) is 104 cm³/mol. The van der Waals surface area contributed by atoms with Gasteiger partial charge in [0.05, 0.1) is 22.9 Å². The van der Waals surface area contributed by atoms with Crippen LogP contribution in [0.3, 0.4) is 0 Å². The van der Waals surface area contributed by atoms with Gasteiger partial charge in [0.25, 0.3) is 5.56 Å². The second-order valence-electron chi connectivity index (χ2n) is 6.89. The second-order valence-corrected chi connectivity index (χ2v) is 6.89. The number of anilines is 1. The van der Waals surface area contributed by atoms with Crippen LogP contribution in [0.1, 0.15) is 12.8 Å². The lowest BCUT2D eigenvalue weighted by Gasteiger charge is -2.30. The Hall–Kier alpha value is -3.19. The molecular formula is C20H19N5O2. The highest BCUT2D eigenvalue weighted by molar-refractivity contribution is 5.91. The summed E-state index contributed by atoms with van der Waals surface area (Å²) in [4.78, 5) is 22.9. The molecule has 0 radical (unpaired) electrons. The molecule has 1 saturated heterocycles. The Morgan fingerprint density at radius 1 is 1.07 bits per heavy atom. The van der Waals surface area contributed by atoms with Gasteiger partial charge in [0.15, 0.2) is 0 Å². The number of aliphatic hydroxyl groups is 1. The molecular weight excluding hydrogens is 342 g/mol. The van der Waals surface area contributed by atoms with E-state index < -0.39 is 0 Å². The van der Waals surface area contributed by atoms with Crippen molar-refractivity contribution < 1.29 is 5.11 Å². The Bertz CT molecular complexity index is 1130. The van der Waals surface area contributed by atoms with Crippen LogP contribution in [0.5, 0.6) is 0 Å². The molecule has 0 unspecified atom stereocenters. The lowest BCUT2D eigenvalue weighted by Crippen LogP contribution is -2.36. The van der Waals surface area contributed by atoms with Crippen LogP contribution in [0, 0.1) is 0 Å². The molecule has 5 rings (SSSR count). The Balaban J connectivity index is 1.65. The minimum Gasteiger partial charge on any atom is -0.393 e. The molecule has 2 aromatic rings. The van der Waals surface area contributed by atoms with Crippen molar-refractivity contribution >= 4 is 16.9 Å². The molecule has 1 aromatic heterocycles. The largest absolute Gasteiger partial charge is 0.393 e. The van der Waals surface area contributed by atoms with Gasteiger partial charge >= 0.3 is 0 Å². The third-order valence-electron chi connectivity index (χ3n) is 5.14. The van der Waals surface area contributed by atoms with Crippen molar-refractivity contribution in [3.63, 3.8) is 0 Å². The summed E-state index contributed by atoms with van der Waals surface area (Å²) in [7, 11) is 0. The minimum absolute atomic E-state index is 0.164. The van der Waals surface area contributed by atoms with Gasteiger partial charge in [-0.15, -0.1) is 0 Å². The van der Waals surface area contributed by atoms with Gasteiger partial charge in [0, 0.05) is 19.3 Å². The standard InChI is InChI=1S/C20H19N5O2/c26-14-8-10-24(11-9-14)17-7-6-16-19(22-17)18-15(12-21-16)20(27)25(23-18)13-4-2-1-3-5-13/h1-7,12,14,21,26H,8-11H2. The van der Waals surface area contributed by atoms with E-state index in [0.29, 0.717) is 16.8 Å². The molecule has 0 spiro atoms. The number of hydrogen-bond acceptors (Lipinski definition) is 5. The average Bonchev–Trinajstić information content (AvgIpc) is 3.06. The van der Waals surface area contributed by atoms with Crippen molar-refractivity contribution in [2.45, 2.75) is 18.9 Å². The van der Waals surface area contributed by atoms with Crippen molar-refractivity contribution in [3.8, 4) is 16.9 Å². The van der Waals surface area contributed by atoms with Crippen molar-refractivity contribution in [1.82, 2.24) is 19.7 Å². The average molecular weight is 361 g/mol. The van der Waals surface area contributed by atoms with Crippen molar-refractivity contribution in [1.29, 1.82) is 0 Å². The fraction of sp³-hybridized carbons (Fsp3) is 0.250. The zero-order valence-corrected chi connectivity index (χ0v) is 14.7. The highest BCUT2D eigenvalue weighted by Gasteiger charge is 2.22. The molecule has 3 aliphatic heterocycles. The Morgan fingerprint density at radius 2 is 1.85 bits per heavy atom. The number of H-pyrrole nitrogens is 1. The summed E-state index contributed by atoms with van der Waals surface area (Å²) in [6.07, 6.45) is 2.95. The number of piperidine rings is 1. The Morgan fingerprint density at radius 3 is 2.63 bits per heavy atom. The molecule has 4 heterocycles. The molecule has 0 amide bonds. The number of aliphatic hydroxyl groups excluding tert-OH is 1. The third kappa shape index (κ3) is 2.67. The van der Waals surface area contributed by atoms with Crippen molar-refractivity contribution in [2.75, 3.05) is 18.0 Å². The first-order valence-corrected chi connectivity index (χ1v) is 9.10. The normalized spacial score (nSPS) is 15.7. The van der Waals surface area contributed by atoms with Gasteiger partial charge in [-0.25, -0.2) is 4.98 Å². The SMILES string of the molecule is O=c1c2c[nH]c3ccc(N4CCC(O)CC4)nc3c-2nn1-c1ccccc1. The van der Waals surface area contributed by atoms with Crippen molar-refractivity contribution in [2.24, 2.45) is 0 Å². The number of rotatable bonds is 2. The van der Waals surface area contributed by atoms with Gasteiger partial charge in [0.1, 0.15) is 17.0 Å². The molecule has 0 saturated carbocycles. The van der Waals surface area contributed by atoms with E-state index in [1.807, 2.05) is 42.5 Å². The predicted octanol–water partition coefficient (Wildman–Crippen LogP) is 2.17. The molecule has 136 valence electrons. The molecule has 0 atom stereocenters. The lowest BCUT2D eigenvalue weighted by molar-refractivity contribution is 0.145. The molecule has 0 bridgehead atoms. The number of nitrogens with one attached hydrogen (secondary N) is 1. The van der Waals surface area contributed by atoms with Crippen molar-refractivity contribution in [3.05, 3.63) is 59.0 Å². The molecule has 1 aromatic carbocycles. The number of hydrogen-bond donors (Lipinski definition) is 2. The minimum atomic E-state index is -0.230. The van der Waals surface area contributed by atoms with Crippen LogP contribution in [0.2, 0.25) is 0 Å². The van der Waals surface area contributed by atoms with Crippen LogP contribution < -0.4 is 10.5 Å². The monoisotopic (exact) mass is 361 g/mol. The fourth-order valence-corrected chi connectivity index (χ4v) is 3.63. The number of aromatic amines is 1. The highest BCUT2D eigenvalue weighted by Crippen LogP contribution is 2.27. The van der Waals surface area contributed by atoms with Gasteiger partial charge < -0.3 is 15.0 Å². The molecule has 7 heteroatoms. The number of aromatic nitrogens is 4. The Labute approximate surface area is 155 Å². The van der Waals surface area contributed by atoms with Gasteiger partial charge in [0.2, 0.25) is 0 Å². The first-order chi connectivity index (χ1) is 13.2. The fourth-order valence-electron chi connectivity index (χ4n) is 3.63. The summed E-state index contributed by atoms with van der Waals surface area (Å²) in [5, 5.41) is 14.3. The summed E-state index contributed by atoms with van der Waals surface area (Å²) < 4.78 is 1.42. The third-order valence-corrected chi connectivity index (χ3v) is 5.14. The number of nitrogens with zero attached hydrogens (tertiary/aromatic N) is 4. The molecule has 3 aliphatic rings. The van der Waals surface area contributed by atoms with Crippen LogP contribution in [-0.2, 0) is 0 Å². The summed E-state index contributed by atoms with van der Waals surface area (Å²) in [6.45, 7) is 1.54. The van der Waals surface area contributed by atoms with E-state index in [0.717, 1.165) is 43.0 Å². The topological polar surface area (TPSA) is 87.0 Å². The molecule has 27 heavy (non-hydrogen) atoms. The summed E-state index contributed by atoms with van der Waals surface area (Å²) >= 11 is 0. The van der Waals surface area contributed by atoms with E-state index in [1.165, 1.54) is 4.68 Å². The van der Waals surface area contributed by atoms with E-state index in [2.05, 4.69) is 15.0 Å². The first kappa shape index (κ1) is 16.0. The van der Waals surface area contributed by atoms with Crippen LogP contribution in [0.4, 0.5) is 5.82 Å². The number of pyridine rings is 2. The molecule has 2 N–H and O–H groups in total. The van der Waals surface area contributed by atoms with Crippen LogP contribution >= 0.6 is 0 Å². The van der Waals surface area contributed by atoms with Gasteiger partial charge in [-0.3, -0.25) is 4.79 Å². The van der Waals surface area contributed by atoms with E-state index in [1.54, 1.807) is 6.20 Å². The van der Waals surface area contributed by atoms with Gasteiger partial charge in [-0.1, -0.05) is 18.2 Å². The maximum absolute atomic E-state index is 12.8. The lowest BCUT2D eigenvalue weighted by atomic mass is 10.1. The second kappa shape index (κ2) is 6.21. The first-order valence-electron chi connectivity index (χ1n) is 9.10. The maximum Gasteiger partial charge on any atom is 0.282 e. The Kier molecular flexibility index (Phi) is 3.68. The highest BCUT2D eigenvalue weighted by atomic mass is 16.3. The van der Waals surface area contributed by atoms with E-state index >= 15 is 0 Å². The molecule has 7 nitrogen and oxygen atoms in total. The molecule has 0 aliphatic carbocycles. The smallest absolute Gasteiger partial charge is 0.282 e. The van der Waals surface area contributed by atoms with E-state index in [9.17, 15) is 9.90 Å². The van der Waals surface area contributed by atoms with Crippen LogP contribution in [0.25, 0.3) is 28.0 Å². The van der Waals surface area contributed by atoms with E-state index in [4.69, 9.17) is 4.98 Å². The zero-order chi connectivity index (χ0) is 18.4. The summed E-state index contributed by atoms with van der Waals surface area (Å²) in [6, 6.07) is 13.3. The zero-order valence-electron chi connectivity index (χ0n) is 14.7. The quantitative estimate of drug-likeness (QED) is 0.571. The van der Waals surface area contributed by atoms with Gasteiger partial charge in [-0.05, 0) is 37.1 Å². The number of benzene rings is 1. The maximum atomic E-state index is 12.8. The van der Waals surface area contributed by atoms with Crippen LogP contribution in [0.15, 0.2) is 53.5 Å². The van der Waals surface area contributed by atoms with Crippen LogP contribution in [-0.4, -0.2) is 44.0 Å². The summed E-state index contributed by atoms with van der Waals surface area (Å²) in [5.74, 6) is 0.844. The van der Waals surface area contributed by atoms with Gasteiger partial charge in [-0.2, -0.15) is 9.78 Å². The molecule has 1 fully saturated rings. The number of para-hydroxylation sites is 1. The van der Waals surface area contributed by atoms with E-state index in [-0.39, 0.29) is 11.7 Å².